The summed E-state index contributed by atoms with van der Waals surface area (Å²) in [5.41, 5.74) is 0. The van der Waals surface area contributed by atoms with Crippen LogP contribution in [0.5, 0.6) is 0 Å². The third-order valence-corrected chi connectivity index (χ3v) is 20.7. The van der Waals surface area contributed by atoms with Crippen LogP contribution in [-0.4, -0.2) is 96.7 Å². The lowest BCUT2D eigenvalue weighted by Gasteiger charge is -2.21. The molecule has 98 heavy (non-hydrogen) atoms. The van der Waals surface area contributed by atoms with Gasteiger partial charge in [-0.1, -0.05) is 363 Å². The molecule has 0 heterocycles. The van der Waals surface area contributed by atoms with E-state index in [9.17, 15) is 43.2 Å². The van der Waals surface area contributed by atoms with Crippen molar-refractivity contribution in [3.63, 3.8) is 0 Å². The first-order chi connectivity index (χ1) is 47.4. The van der Waals surface area contributed by atoms with Crippen molar-refractivity contribution >= 4 is 39.5 Å². The van der Waals surface area contributed by atoms with E-state index in [4.69, 9.17) is 37.0 Å². The number of esters is 4. The average molecular weight is 1440 g/mol. The van der Waals surface area contributed by atoms with Gasteiger partial charge in [0.1, 0.15) is 19.3 Å². The van der Waals surface area contributed by atoms with Gasteiger partial charge in [-0.25, -0.2) is 9.13 Å². The maximum absolute atomic E-state index is 13.1. The fourth-order valence-corrected chi connectivity index (χ4v) is 13.7. The summed E-state index contributed by atoms with van der Waals surface area (Å²) in [5, 5.41) is 10.6. The molecule has 0 amide bonds. The second-order valence-corrected chi connectivity index (χ2v) is 32.1. The molecule has 19 heteroatoms. The van der Waals surface area contributed by atoms with Crippen molar-refractivity contribution in [1.29, 1.82) is 0 Å². The van der Waals surface area contributed by atoms with Gasteiger partial charge in [0.05, 0.1) is 26.4 Å². The number of aliphatic hydroxyl groups is 1. The molecule has 0 radical (unpaired) electrons. The predicted molar refractivity (Wildman–Crippen MR) is 400 cm³/mol. The molecular weight excluding hydrogens is 1280 g/mol. The summed E-state index contributed by atoms with van der Waals surface area (Å²) in [5.74, 6) is -0.575. The number of phosphoric acid groups is 2. The van der Waals surface area contributed by atoms with Crippen LogP contribution in [0.2, 0.25) is 0 Å². The van der Waals surface area contributed by atoms with Gasteiger partial charge in [0.2, 0.25) is 0 Å². The molecule has 0 bridgehead atoms. The largest absolute Gasteiger partial charge is 0.472 e. The van der Waals surface area contributed by atoms with Gasteiger partial charge in [-0.05, 0) is 37.5 Å². The molecule has 0 aromatic heterocycles. The van der Waals surface area contributed by atoms with Gasteiger partial charge in [0.15, 0.2) is 12.2 Å². The molecule has 0 spiro atoms. The van der Waals surface area contributed by atoms with Crippen LogP contribution < -0.4 is 0 Å². The number of carbonyl (C=O) groups is 4. The van der Waals surface area contributed by atoms with E-state index in [1.165, 1.54) is 231 Å². The topological polar surface area (TPSA) is 237 Å². The zero-order valence-electron chi connectivity index (χ0n) is 64.1. The summed E-state index contributed by atoms with van der Waals surface area (Å²) >= 11 is 0. The fraction of sp³-hybridized carbons (Fsp3) is 0.949. The molecule has 0 aromatic rings. The Morgan fingerprint density at radius 3 is 0.776 bits per heavy atom. The molecular formula is C79H154O17P2. The normalized spacial score (nSPS) is 14.2. The van der Waals surface area contributed by atoms with E-state index in [-0.39, 0.29) is 25.7 Å². The average Bonchev–Trinajstić information content (AvgIpc) is 1.07. The molecule has 3 N–H and O–H groups in total. The third-order valence-electron chi connectivity index (χ3n) is 18.8. The van der Waals surface area contributed by atoms with Crippen LogP contribution in [0.3, 0.4) is 0 Å². The molecule has 0 fully saturated rings. The second-order valence-electron chi connectivity index (χ2n) is 29.2. The van der Waals surface area contributed by atoms with E-state index in [2.05, 4.69) is 41.5 Å². The molecule has 0 aliphatic heterocycles. The Morgan fingerprint density at radius 2 is 0.520 bits per heavy atom. The minimum Gasteiger partial charge on any atom is -0.462 e. The number of phosphoric ester groups is 2. The SMILES string of the molecule is CCCCCCCCCCCCCCCCCCCCCCC(=O)O[C@H](COC(=O)CCCCCCCCCCCCC(C)C)COP(=O)(O)OC[C@@H](O)COP(=O)(O)OC[C@@H](COC(=O)CCCCCCCCCCC(C)CC)OC(=O)CCCCCCCCCCCCCCC. The van der Waals surface area contributed by atoms with Crippen LogP contribution in [-0.2, 0) is 65.4 Å². The Hall–Kier alpha value is -1.94. The number of hydrogen-bond donors (Lipinski definition) is 3. The lowest BCUT2D eigenvalue weighted by Crippen LogP contribution is -2.30. The summed E-state index contributed by atoms with van der Waals surface area (Å²) in [4.78, 5) is 72.9. The maximum atomic E-state index is 13.1. The highest BCUT2D eigenvalue weighted by Gasteiger charge is 2.30. The molecule has 17 nitrogen and oxygen atoms in total. The van der Waals surface area contributed by atoms with Crippen molar-refractivity contribution in [2.75, 3.05) is 39.6 Å². The molecule has 3 unspecified atom stereocenters. The van der Waals surface area contributed by atoms with Crippen molar-refractivity contribution in [3.05, 3.63) is 0 Å². The van der Waals surface area contributed by atoms with E-state index < -0.39 is 97.5 Å². The van der Waals surface area contributed by atoms with E-state index in [1.807, 2.05) is 0 Å². The number of hydrogen-bond acceptors (Lipinski definition) is 15. The molecule has 582 valence electrons. The Labute approximate surface area is 600 Å². The van der Waals surface area contributed by atoms with Crippen molar-refractivity contribution in [3.8, 4) is 0 Å². The van der Waals surface area contributed by atoms with Crippen molar-refractivity contribution in [1.82, 2.24) is 0 Å². The van der Waals surface area contributed by atoms with Crippen LogP contribution in [0.4, 0.5) is 0 Å². The van der Waals surface area contributed by atoms with Gasteiger partial charge in [-0.3, -0.25) is 37.3 Å². The van der Waals surface area contributed by atoms with Crippen LogP contribution >= 0.6 is 15.6 Å². The molecule has 6 atom stereocenters. The van der Waals surface area contributed by atoms with Crippen LogP contribution in [0, 0.1) is 11.8 Å². The highest BCUT2D eigenvalue weighted by atomic mass is 31.2. The standard InChI is InChI=1S/C79H154O17P2/c1-7-10-12-14-16-18-20-22-23-24-25-26-27-28-30-32-38-46-52-58-64-79(84)95-74(67-89-76(81)61-55-49-43-36-34-33-35-41-47-53-59-71(4)5)69-93-97(85,86)91-65-73(80)66-92-98(87,88)94-70-75(68-90-77(82)62-56-50-44-40-39-42-48-54-60-72(6)9-3)96-78(83)63-57-51-45-37-31-29-21-19-17-15-13-11-8-2/h71-75,80H,7-70H2,1-6H3,(H,85,86)(H,87,88)/t72?,73-,74-,75-/m1/s1. The summed E-state index contributed by atoms with van der Waals surface area (Å²) in [7, 11) is -9.92. The first-order valence-electron chi connectivity index (χ1n) is 41.0. The minimum atomic E-state index is -4.96. The Kier molecular flexibility index (Phi) is 69.3. The van der Waals surface area contributed by atoms with Crippen molar-refractivity contribution in [2.45, 2.75) is 432 Å². The van der Waals surface area contributed by atoms with Crippen molar-refractivity contribution < 1.29 is 80.2 Å². The fourth-order valence-electron chi connectivity index (χ4n) is 12.2. The van der Waals surface area contributed by atoms with Crippen molar-refractivity contribution in [2.24, 2.45) is 11.8 Å². The Balaban J connectivity index is 5.24. The molecule has 0 saturated carbocycles. The van der Waals surface area contributed by atoms with E-state index in [0.29, 0.717) is 25.7 Å². The first kappa shape index (κ1) is 96.1. The van der Waals surface area contributed by atoms with E-state index in [1.54, 1.807) is 0 Å². The molecule has 0 aromatic carbocycles. The quantitative estimate of drug-likeness (QED) is 0.0222. The highest BCUT2D eigenvalue weighted by Crippen LogP contribution is 2.45. The number of ether oxygens (including phenoxy) is 4. The van der Waals surface area contributed by atoms with Gasteiger partial charge in [-0.15, -0.1) is 0 Å². The van der Waals surface area contributed by atoms with Crippen LogP contribution in [0.1, 0.15) is 414 Å². The first-order valence-corrected chi connectivity index (χ1v) is 44.0. The predicted octanol–water partition coefficient (Wildman–Crippen LogP) is 23.5. The lowest BCUT2D eigenvalue weighted by atomic mass is 9.99. The Morgan fingerprint density at radius 1 is 0.296 bits per heavy atom. The summed E-state index contributed by atoms with van der Waals surface area (Å²) < 4.78 is 68.7. The maximum Gasteiger partial charge on any atom is 0.472 e. The van der Waals surface area contributed by atoms with Gasteiger partial charge < -0.3 is 33.8 Å². The number of unbranched alkanes of at least 4 members (excludes halogenated alkanes) is 47. The monoisotopic (exact) mass is 1440 g/mol. The van der Waals surface area contributed by atoms with Crippen LogP contribution in [0.15, 0.2) is 0 Å². The lowest BCUT2D eigenvalue weighted by molar-refractivity contribution is -0.161. The second kappa shape index (κ2) is 70.7. The van der Waals surface area contributed by atoms with Gasteiger partial charge in [0.25, 0.3) is 0 Å². The number of carbonyl (C=O) groups excluding carboxylic acids is 4. The molecule has 0 aliphatic rings. The van der Waals surface area contributed by atoms with Gasteiger partial charge >= 0.3 is 39.5 Å². The minimum absolute atomic E-state index is 0.107. The smallest absolute Gasteiger partial charge is 0.462 e. The molecule has 0 rings (SSSR count). The summed E-state index contributed by atoms with van der Waals surface area (Å²) in [6.07, 6.45) is 59.6. The van der Waals surface area contributed by atoms with Gasteiger partial charge in [-0.2, -0.15) is 0 Å². The molecule has 0 aliphatic carbocycles. The zero-order chi connectivity index (χ0) is 72.1. The van der Waals surface area contributed by atoms with Crippen LogP contribution in [0.25, 0.3) is 0 Å². The van der Waals surface area contributed by atoms with E-state index in [0.717, 1.165) is 102 Å². The third kappa shape index (κ3) is 71.1. The van der Waals surface area contributed by atoms with E-state index >= 15 is 0 Å². The zero-order valence-corrected chi connectivity index (χ0v) is 65.9. The number of aliphatic hydroxyl groups excluding tert-OH is 1. The Bertz CT molecular complexity index is 1890. The number of rotatable bonds is 78. The summed E-state index contributed by atoms with van der Waals surface area (Å²) in [6.45, 7) is 9.62. The highest BCUT2D eigenvalue weighted by molar-refractivity contribution is 7.47. The van der Waals surface area contributed by atoms with Gasteiger partial charge in [0, 0.05) is 25.7 Å². The molecule has 0 saturated heterocycles. The summed E-state index contributed by atoms with van der Waals surface area (Å²) in [6, 6.07) is 0.